The molecule has 0 aliphatic heterocycles. The SMILES string of the molecule is CCC1(C(NN)c2nccnc2OC)CCCC1. The average Bonchev–Trinajstić information content (AvgIpc) is 2.90. The molecule has 100 valence electrons. The molecular weight excluding hydrogens is 228 g/mol. The minimum atomic E-state index is 0.00801. The van der Waals surface area contributed by atoms with Crippen LogP contribution in [-0.2, 0) is 0 Å². The van der Waals surface area contributed by atoms with Crippen LogP contribution >= 0.6 is 0 Å². The third-order valence-corrected chi connectivity index (χ3v) is 4.24. The molecular formula is C13H22N4O. The number of hydrogen-bond acceptors (Lipinski definition) is 5. The first-order valence-corrected chi connectivity index (χ1v) is 6.58. The number of rotatable bonds is 5. The van der Waals surface area contributed by atoms with Crippen LogP contribution in [0.25, 0.3) is 0 Å². The van der Waals surface area contributed by atoms with Crippen molar-refractivity contribution in [2.75, 3.05) is 7.11 Å². The molecule has 5 heteroatoms. The number of ether oxygens (including phenoxy) is 1. The van der Waals surface area contributed by atoms with Crippen LogP contribution in [0.4, 0.5) is 0 Å². The molecule has 0 spiro atoms. The molecule has 2 rings (SSSR count). The zero-order chi connectivity index (χ0) is 13.0. The van der Waals surface area contributed by atoms with Crippen molar-refractivity contribution in [1.82, 2.24) is 15.4 Å². The minimum absolute atomic E-state index is 0.00801. The van der Waals surface area contributed by atoms with Crippen LogP contribution in [0.1, 0.15) is 50.8 Å². The van der Waals surface area contributed by atoms with E-state index >= 15 is 0 Å². The van der Waals surface area contributed by atoms with Crippen LogP contribution in [0.3, 0.4) is 0 Å². The summed E-state index contributed by atoms with van der Waals surface area (Å²) >= 11 is 0. The number of nitrogens with two attached hydrogens (primary N) is 1. The van der Waals surface area contributed by atoms with Gasteiger partial charge in [-0.25, -0.2) is 4.98 Å². The lowest BCUT2D eigenvalue weighted by Gasteiger charge is -2.36. The van der Waals surface area contributed by atoms with Gasteiger partial charge in [-0.1, -0.05) is 19.8 Å². The second-order valence-electron chi connectivity index (χ2n) is 4.97. The van der Waals surface area contributed by atoms with Crippen molar-refractivity contribution in [3.8, 4) is 5.88 Å². The van der Waals surface area contributed by atoms with Gasteiger partial charge in [0.15, 0.2) is 0 Å². The summed E-state index contributed by atoms with van der Waals surface area (Å²) in [6.45, 7) is 2.22. The summed E-state index contributed by atoms with van der Waals surface area (Å²) in [7, 11) is 1.62. The van der Waals surface area contributed by atoms with E-state index in [1.807, 2.05) is 0 Å². The highest BCUT2D eigenvalue weighted by Crippen LogP contribution is 2.50. The molecule has 1 unspecified atom stereocenters. The van der Waals surface area contributed by atoms with Crippen molar-refractivity contribution < 1.29 is 4.74 Å². The zero-order valence-corrected chi connectivity index (χ0v) is 11.1. The van der Waals surface area contributed by atoms with Gasteiger partial charge in [0.1, 0.15) is 5.69 Å². The van der Waals surface area contributed by atoms with Gasteiger partial charge in [0.05, 0.1) is 13.2 Å². The summed E-state index contributed by atoms with van der Waals surface area (Å²) in [5.41, 5.74) is 3.95. The van der Waals surface area contributed by atoms with Gasteiger partial charge in [0.25, 0.3) is 0 Å². The van der Waals surface area contributed by atoms with Gasteiger partial charge < -0.3 is 4.74 Å². The van der Waals surface area contributed by atoms with Crippen LogP contribution in [0.5, 0.6) is 5.88 Å². The smallest absolute Gasteiger partial charge is 0.237 e. The highest BCUT2D eigenvalue weighted by molar-refractivity contribution is 5.24. The lowest BCUT2D eigenvalue weighted by atomic mass is 9.75. The largest absolute Gasteiger partial charge is 0.480 e. The van der Waals surface area contributed by atoms with Gasteiger partial charge in [-0.15, -0.1) is 0 Å². The monoisotopic (exact) mass is 250 g/mol. The van der Waals surface area contributed by atoms with E-state index < -0.39 is 0 Å². The Morgan fingerprint density at radius 1 is 1.39 bits per heavy atom. The lowest BCUT2D eigenvalue weighted by Crippen LogP contribution is -2.40. The molecule has 1 aliphatic rings. The van der Waals surface area contributed by atoms with Crippen molar-refractivity contribution in [3.63, 3.8) is 0 Å². The minimum Gasteiger partial charge on any atom is -0.480 e. The first kappa shape index (κ1) is 13.2. The maximum absolute atomic E-state index is 5.80. The summed E-state index contributed by atoms with van der Waals surface area (Å²) < 4.78 is 5.31. The maximum atomic E-state index is 5.80. The predicted octanol–water partition coefficient (Wildman–Crippen LogP) is 1.96. The van der Waals surface area contributed by atoms with Gasteiger partial charge in [0.2, 0.25) is 5.88 Å². The first-order valence-electron chi connectivity index (χ1n) is 6.58. The van der Waals surface area contributed by atoms with E-state index in [0.717, 1.165) is 12.1 Å². The fourth-order valence-corrected chi connectivity index (χ4v) is 3.16. The van der Waals surface area contributed by atoms with Crippen LogP contribution < -0.4 is 16.0 Å². The summed E-state index contributed by atoms with van der Waals surface area (Å²) in [5.74, 6) is 6.37. The molecule has 1 aromatic rings. The molecule has 1 aliphatic carbocycles. The van der Waals surface area contributed by atoms with Crippen LogP contribution in [0, 0.1) is 5.41 Å². The molecule has 5 nitrogen and oxygen atoms in total. The molecule has 0 radical (unpaired) electrons. The second-order valence-corrected chi connectivity index (χ2v) is 4.97. The normalized spacial score (nSPS) is 19.7. The summed E-state index contributed by atoms with van der Waals surface area (Å²) in [5, 5.41) is 0. The summed E-state index contributed by atoms with van der Waals surface area (Å²) in [6.07, 6.45) is 9.30. The molecule has 1 fully saturated rings. The highest BCUT2D eigenvalue weighted by Gasteiger charge is 2.42. The van der Waals surface area contributed by atoms with Gasteiger partial charge in [-0.05, 0) is 24.7 Å². The Balaban J connectivity index is 2.38. The fourth-order valence-electron chi connectivity index (χ4n) is 3.16. The number of methoxy groups -OCH3 is 1. The molecule has 0 saturated heterocycles. The van der Waals surface area contributed by atoms with Gasteiger partial charge in [-0.3, -0.25) is 16.3 Å². The molecule has 1 heterocycles. The van der Waals surface area contributed by atoms with E-state index in [0.29, 0.717) is 5.88 Å². The summed E-state index contributed by atoms with van der Waals surface area (Å²) in [6, 6.07) is 0.00801. The molecule has 3 N–H and O–H groups in total. The number of hydrazine groups is 1. The van der Waals surface area contributed by atoms with Crippen molar-refractivity contribution in [1.29, 1.82) is 0 Å². The van der Waals surface area contributed by atoms with Crippen LogP contribution in [0.15, 0.2) is 12.4 Å². The molecule has 0 amide bonds. The molecule has 0 aromatic carbocycles. The van der Waals surface area contributed by atoms with E-state index in [-0.39, 0.29) is 11.5 Å². The Morgan fingerprint density at radius 2 is 2.06 bits per heavy atom. The lowest BCUT2D eigenvalue weighted by molar-refractivity contribution is 0.179. The Labute approximate surface area is 108 Å². The third-order valence-electron chi connectivity index (χ3n) is 4.24. The zero-order valence-electron chi connectivity index (χ0n) is 11.1. The van der Waals surface area contributed by atoms with Crippen molar-refractivity contribution in [3.05, 3.63) is 18.1 Å². The second kappa shape index (κ2) is 5.63. The quantitative estimate of drug-likeness (QED) is 0.617. The van der Waals surface area contributed by atoms with Crippen molar-refractivity contribution >= 4 is 0 Å². The number of nitrogens with one attached hydrogen (secondary N) is 1. The van der Waals surface area contributed by atoms with E-state index in [9.17, 15) is 0 Å². The van der Waals surface area contributed by atoms with Gasteiger partial charge >= 0.3 is 0 Å². The predicted molar refractivity (Wildman–Crippen MR) is 69.8 cm³/mol. The standard InChI is InChI=1S/C13H22N4O/c1-3-13(6-4-5-7-13)11(17-14)10-12(18-2)16-9-8-15-10/h8-9,11,17H,3-7,14H2,1-2H3. The molecule has 1 atom stereocenters. The van der Waals surface area contributed by atoms with E-state index in [2.05, 4.69) is 22.3 Å². The summed E-state index contributed by atoms with van der Waals surface area (Å²) in [4.78, 5) is 8.65. The number of aromatic nitrogens is 2. The van der Waals surface area contributed by atoms with Crippen molar-refractivity contribution in [2.24, 2.45) is 11.3 Å². The van der Waals surface area contributed by atoms with Gasteiger partial charge in [-0.2, -0.15) is 0 Å². The Morgan fingerprint density at radius 3 is 2.61 bits per heavy atom. The first-order chi connectivity index (χ1) is 8.77. The molecule has 18 heavy (non-hydrogen) atoms. The highest BCUT2D eigenvalue weighted by atomic mass is 16.5. The average molecular weight is 250 g/mol. The number of nitrogens with zero attached hydrogens (tertiary/aromatic N) is 2. The maximum Gasteiger partial charge on any atom is 0.237 e. The van der Waals surface area contributed by atoms with Crippen LogP contribution in [0.2, 0.25) is 0 Å². The van der Waals surface area contributed by atoms with Gasteiger partial charge in [0, 0.05) is 12.4 Å². The molecule has 1 aromatic heterocycles. The van der Waals surface area contributed by atoms with E-state index in [1.165, 1.54) is 25.7 Å². The van der Waals surface area contributed by atoms with Crippen molar-refractivity contribution in [2.45, 2.75) is 45.1 Å². The molecule has 0 bridgehead atoms. The number of hydrogen-bond donors (Lipinski definition) is 2. The van der Waals surface area contributed by atoms with Crippen LogP contribution in [-0.4, -0.2) is 17.1 Å². The van der Waals surface area contributed by atoms with E-state index in [1.54, 1.807) is 19.5 Å². The Hall–Kier alpha value is -1.20. The fraction of sp³-hybridized carbons (Fsp3) is 0.692. The van der Waals surface area contributed by atoms with E-state index in [4.69, 9.17) is 10.6 Å². The Kier molecular flexibility index (Phi) is 4.14. The molecule has 1 saturated carbocycles. The Bertz CT molecular complexity index is 390. The topological polar surface area (TPSA) is 73.1 Å². The third kappa shape index (κ3) is 2.20.